The Bertz CT molecular complexity index is 1600. The molecule has 5 rings (SSSR count). The van der Waals surface area contributed by atoms with E-state index in [9.17, 15) is 22.8 Å². The molecule has 0 saturated heterocycles. The lowest BCUT2D eigenvalue weighted by Gasteiger charge is -2.10. The molecule has 184 valence electrons. The second kappa shape index (κ2) is 9.57. The molecule has 0 aliphatic carbocycles. The molecular weight excluding hydrogens is 483 g/mol. The maximum Gasteiger partial charge on any atom is 0.416 e. The Balaban J connectivity index is 1.35. The smallest absolute Gasteiger partial charge is 0.322 e. The number of amides is 2. The SMILES string of the molecule is O=C(Nc1ccc(-n2ccc3c(NC(=O)c4ccccc4)ncnc32)cc1)c1cccc(C(F)(F)F)c1. The van der Waals surface area contributed by atoms with Gasteiger partial charge in [-0.15, -0.1) is 0 Å². The van der Waals surface area contributed by atoms with E-state index in [1.54, 1.807) is 65.4 Å². The van der Waals surface area contributed by atoms with Gasteiger partial charge in [-0.1, -0.05) is 24.3 Å². The van der Waals surface area contributed by atoms with Crippen LogP contribution in [0.5, 0.6) is 0 Å². The van der Waals surface area contributed by atoms with Gasteiger partial charge in [-0.3, -0.25) is 9.59 Å². The molecule has 2 amide bonds. The number of nitrogens with zero attached hydrogens (tertiary/aromatic N) is 3. The summed E-state index contributed by atoms with van der Waals surface area (Å²) in [5.41, 5.74) is 1.18. The van der Waals surface area contributed by atoms with E-state index < -0.39 is 17.6 Å². The highest BCUT2D eigenvalue weighted by Crippen LogP contribution is 2.30. The van der Waals surface area contributed by atoms with Crippen LogP contribution in [0.4, 0.5) is 24.7 Å². The molecule has 0 aliphatic rings. The van der Waals surface area contributed by atoms with Gasteiger partial charge < -0.3 is 15.2 Å². The second-order valence-corrected chi connectivity index (χ2v) is 8.05. The van der Waals surface area contributed by atoms with Crippen molar-refractivity contribution in [3.8, 4) is 5.69 Å². The van der Waals surface area contributed by atoms with Crippen LogP contribution in [0.1, 0.15) is 26.3 Å². The van der Waals surface area contributed by atoms with Gasteiger partial charge in [-0.25, -0.2) is 9.97 Å². The van der Waals surface area contributed by atoms with E-state index in [1.807, 2.05) is 6.07 Å². The molecule has 0 fully saturated rings. The summed E-state index contributed by atoms with van der Waals surface area (Å²) in [6, 6.07) is 21.5. The average Bonchev–Trinajstić information content (AvgIpc) is 3.34. The van der Waals surface area contributed by atoms with Crippen molar-refractivity contribution in [2.45, 2.75) is 6.18 Å². The van der Waals surface area contributed by atoms with Crippen molar-refractivity contribution >= 4 is 34.4 Å². The summed E-state index contributed by atoms with van der Waals surface area (Å²) in [6.45, 7) is 0. The van der Waals surface area contributed by atoms with Gasteiger partial charge in [0.1, 0.15) is 17.8 Å². The molecule has 3 aromatic carbocycles. The van der Waals surface area contributed by atoms with Crippen molar-refractivity contribution in [2.75, 3.05) is 10.6 Å². The van der Waals surface area contributed by atoms with Crippen LogP contribution >= 0.6 is 0 Å². The Labute approximate surface area is 208 Å². The van der Waals surface area contributed by atoms with Gasteiger partial charge in [-0.2, -0.15) is 13.2 Å². The van der Waals surface area contributed by atoms with E-state index in [2.05, 4.69) is 20.6 Å². The summed E-state index contributed by atoms with van der Waals surface area (Å²) in [5, 5.41) is 6.04. The number of fused-ring (bicyclic) bond motifs is 1. The van der Waals surface area contributed by atoms with Crippen molar-refractivity contribution in [3.05, 3.63) is 114 Å². The van der Waals surface area contributed by atoms with E-state index in [0.29, 0.717) is 33.8 Å². The molecule has 10 heteroatoms. The number of carbonyl (C=O) groups excluding carboxylic acids is 2. The van der Waals surface area contributed by atoms with Crippen LogP contribution in [0.15, 0.2) is 97.5 Å². The summed E-state index contributed by atoms with van der Waals surface area (Å²) in [5.74, 6) is -0.589. The molecule has 0 bridgehead atoms. The molecule has 0 unspecified atom stereocenters. The number of anilines is 2. The van der Waals surface area contributed by atoms with Crippen LogP contribution in [-0.2, 0) is 6.18 Å². The third-order valence-corrected chi connectivity index (χ3v) is 5.60. The molecule has 0 aliphatic heterocycles. The number of alkyl halides is 3. The van der Waals surface area contributed by atoms with Crippen LogP contribution in [0.3, 0.4) is 0 Å². The molecule has 0 spiro atoms. The standard InChI is InChI=1S/C27H18F3N5O2/c28-27(29,30)19-8-4-7-18(15-19)26(37)33-20-9-11-21(12-10-20)35-14-13-22-23(31-16-32-24(22)35)34-25(36)17-5-2-1-3-6-17/h1-16H,(H,33,37)(H,31,32,34,36). The fourth-order valence-corrected chi connectivity index (χ4v) is 3.77. The maximum absolute atomic E-state index is 12.9. The molecular formula is C27H18F3N5O2. The second-order valence-electron chi connectivity index (χ2n) is 8.05. The Morgan fingerprint density at radius 2 is 1.46 bits per heavy atom. The lowest BCUT2D eigenvalue weighted by Crippen LogP contribution is -2.14. The fraction of sp³-hybridized carbons (Fsp3) is 0.0370. The third kappa shape index (κ3) is 5.03. The van der Waals surface area contributed by atoms with E-state index >= 15 is 0 Å². The van der Waals surface area contributed by atoms with Crippen LogP contribution in [0.2, 0.25) is 0 Å². The predicted molar refractivity (Wildman–Crippen MR) is 133 cm³/mol. The van der Waals surface area contributed by atoms with Crippen LogP contribution in [0, 0.1) is 0 Å². The van der Waals surface area contributed by atoms with Crippen molar-refractivity contribution in [1.82, 2.24) is 14.5 Å². The first-order valence-corrected chi connectivity index (χ1v) is 11.1. The zero-order valence-electron chi connectivity index (χ0n) is 19.0. The number of hydrogen-bond donors (Lipinski definition) is 2. The van der Waals surface area contributed by atoms with Crippen LogP contribution < -0.4 is 10.6 Å². The highest BCUT2D eigenvalue weighted by Gasteiger charge is 2.30. The van der Waals surface area contributed by atoms with Crippen molar-refractivity contribution < 1.29 is 22.8 Å². The number of nitrogens with one attached hydrogen (secondary N) is 2. The zero-order chi connectivity index (χ0) is 26.0. The molecule has 0 atom stereocenters. The monoisotopic (exact) mass is 501 g/mol. The molecule has 37 heavy (non-hydrogen) atoms. The lowest BCUT2D eigenvalue weighted by atomic mass is 10.1. The molecule has 5 aromatic rings. The minimum Gasteiger partial charge on any atom is -0.322 e. The van der Waals surface area contributed by atoms with Crippen LogP contribution in [-0.4, -0.2) is 26.3 Å². The number of carbonyl (C=O) groups is 2. The molecule has 2 heterocycles. The first-order chi connectivity index (χ1) is 17.8. The molecule has 2 aromatic heterocycles. The Morgan fingerprint density at radius 3 is 2.19 bits per heavy atom. The minimum absolute atomic E-state index is 0.0999. The van der Waals surface area contributed by atoms with Crippen molar-refractivity contribution in [3.63, 3.8) is 0 Å². The summed E-state index contributed by atoms with van der Waals surface area (Å²) >= 11 is 0. The molecule has 0 saturated carbocycles. The lowest BCUT2D eigenvalue weighted by molar-refractivity contribution is -0.137. The molecule has 2 N–H and O–H groups in total. The summed E-state index contributed by atoms with van der Waals surface area (Å²) < 4.78 is 40.6. The van der Waals surface area contributed by atoms with Crippen LogP contribution in [0.25, 0.3) is 16.7 Å². The van der Waals surface area contributed by atoms with E-state index in [-0.39, 0.29) is 11.5 Å². The topological polar surface area (TPSA) is 88.9 Å². The normalized spacial score (nSPS) is 11.3. The van der Waals surface area contributed by atoms with E-state index in [0.717, 1.165) is 12.1 Å². The van der Waals surface area contributed by atoms with Gasteiger partial charge in [0.2, 0.25) is 0 Å². The third-order valence-electron chi connectivity index (χ3n) is 5.60. The Morgan fingerprint density at radius 1 is 0.757 bits per heavy atom. The number of halogens is 3. The van der Waals surface area contributed by atoms with E-state index in [1.165, 1.54) is 18.5 Å². The maximum atomic E-state index is 12.9. The fourth-order valence-electron chi connectivity index (χ4n) is 3.77. The summed E-state index contributed by atoms with van der Waals surface area (Å²) in [6.07, 6.45) is -1.41. The number of aromatic nitrogens is 3. The van der Waals surface area contributed by atoms with Gasteiger partial charge in [0.05, 0.1) is 10.9 Å². The van der Waals surface area contributed by atoms with E-state index in [4.69, 9.17) is 0 Å². The molecule has 7 nitrogen and oxygen atoms in total. The quantitative estimate of drug-likeness (QED) is 0.312. The predicted octanol–water partition coefficient (Wildman–Crippen LogP) is 5.94. The average molecular weight is 501 g/mol. The summed E-state index contributed by atoms with van der Waals surface area (Å²) in [7, 11) is 0. The zero-order valence-corrected chi connectivity index (χ0v) is 19.0. The number of rotatable bonds is 5. The Kier molecular flexibility index (Phi) is 6.14. The van der Waals surface area contributed by atoms with Gasteiger partial charge >= 0.3 is 6.18 Å². The summed E-state index contributed by atoms with van der Waals surface area (Å²) in [4.78, 5) is 33.6. The van der Waals surface area contributed by atoms with Gasteiger partial charge in [-0.05, 0) is 60.7 Å². The van der Waals surface area contributed by atoms with Crippen molar-refractivity contribution in [2.24, 2.45) is 0 Å². The van der Waals surface area contributed by atoms with Gasteiger partial charge in [0.15, 0.2) is 0 Å². The van der Waals surface area contributed by atoms with Crippen molar-refractivity contribution in [1.29, 1.82) is 0 Å². The first-order valence-electron chi connectivity index (χ1n) is 11.1. The number of benzene rings is 3. The highest BCUT2D eigenvalue weighted by molar-refractivity contribution is 6.07. The number of hydrogen-bond acceptors (Lipinski definition) is 4. The minimum atomic E-state index is -4.54. The highest BCUT2D eigenvalue weighted by atomic mass is 19.4. The van der Waals surface area contributed by atoms with Gasteiger partial charge in [0, 0.05) is 28.7 Å². The molecule has 0 radical (unpaired) electrons. The van der Waals surface area contributed by atoms with Gasteiger partial charge in [0.25, 0.3) is 11.8 Å². The Hall–Kier alpha value is -4.99. The largest absolute Gasteiger partial charge is 0.416 e. The first kappa shape index (κ1) is 23.7.